The fourth-order valence-electron chi connectivity index (χ4n) is 2.88. The highest BCUT2D eigenvalue weighted by atomic mass is 16.6. The lowest BCUT2D eigenvalue weighted by Gasteiger charge is -2.27. The molecule has 0 saturated heterocycles. The maximum atomic E-state index is 12.1. The van der Waals surface area contributed by atoms with Gasteiger partial charge in [-0.25, -0.2) is 0 Å². The minimum Gasteiger partial charge on any atom is -0.484 e. The minimum atomic E-state index is -0.591. The van der Waals surface area contributed by atoms with Crippen molar-refractivity contribution in [3.63, 3.8) is 0 Å². The Labute approximate surface area is 193 Å². The summed E-state index contributed by atoms with van der Waals surface area (Å²) in [6.45, 7) is 12.0. The number of rotatable bonds is 7. The van der Waals surface area contributed by atoms with Crippen molar-refractivity contribution in [1.29, 1.82) is 0 Å². The van der Waals surface area contributed by atoms with Crippen LogP contribution in [-0.2, 0) is 20.4 Å². The van der Waals surface area contributed by atoms with Crippen LogP contribution in [0.3, 0.4) is 0 Å². The summed E-state index contributed by atoms with van der Waals surface area (Å²) in [6.07, 6.45) is 0. The molecule has 2 aromatic rings. The fraction of sp³-hybridized carbons (Fsp3) is 0.417. The molecule has 0 aliphatic carbocycles. The van der Waals surface area contributed by atoms with Gasteiger partial charge in [-0.05, 0) is 40.2 Å². The van der Waals surface area contributed by atoms with Crippen LogP contribution in [-0.4, -0.2) is 30.0 Å². The zero-order chi connectivity index (χ0) is 24.8. The minimum absolute atomic E-state index is 0.0171. The molecule has 2 rings (SSSR count). The van der Waals surface area contributed by atoms with Gasteiger partial charge in [-0.3, -0.25) is 30.6 Å². The number of nitrogens with one attached hydrogen (secondary N) is 2. The molecule has 0 unspecified atom stereocenters. The summed E-state index contributed by atoms with van der Waals surface area (Å²) in [6, 6.07) is 11.3. The van der Waals surface area contributed by atoms with Crippen LogP contribution < -0.4 is 20.3 Å². The quantitative estimate of drug-likeness (QED) is 0.482. The van der Waals surface area contributed by atoms with E-state index < -0.39 is 16.7 Å². The van der Waals surface area contributed by atoms with Crippen molar-refractivity contribution in [3.05, 3.63) is 63.7 Å². The summed E-state index contributed by atoms with van der Waals surface area (Å²) < 4.78 is 11.0. The first-order valence-electron chi connectivity index (χ1n) is 10.5. The molecule has 0 aromatic heterocycles. The van der Waals surface area contributed by atoms with Gasteiger partial charge in [-0.15, -0.1) is 0 Å². The predicted octanol–water partition coefficient (Wildman–Crippen LogP) is 3.80. The van der Waals surface area contributed by atoms with Gasteiger partial charge in [-0.1, -0.05) is 53.7 Å². The standard InChI is InChI=1S/C24H31N3O6/c1-23(2,3)16-7-12-20(19(13-16)24(4,5)6)33-15-22(29)26-25-21(28)14-32-18-10-8-17(9-11-18)27(30)31/h7-13H,14-15H2,1-6H3,(H,25,28)(H,26,29). The molecule has 0 aliphatic heterocycles. The van der Waals surface area contributed by atoms with Crippen LogP contribution in [0.1, 0.15) is 52.7 Å². The zero-order valence-electron chi connectivity index (χ0n) is 19.9. The van der Waals surface area contributed by atoms with Gasteiger partial charge in [0, 0.05) is 12.1 Å². The van der Waals surface area contributed by atoms with Crippen LogP contribution in [0.25, 0.3) is 0 Å². The highest BCUT2D eigenvalue weighted by molar-refractivity contribution is 5.83. The van der Waals surface area contributed by atoms with Crippen molar-refractivity contribution in [2.24, 2.45) is 0 Å². The molecule has 0 spiro atoms. The van der Waals surface area contributed by atoms with Crippen LogP contribution in [0.2, 0.25) is 0 Å². The van der Waals surface area contributed by atoms with Crippen molar-refractivity contribution in [2.75, 3.05) is 13.2 Å². The molecule has 0 saturated carbocycles. The van der Waals surface area contributed by atoms with E-state index in [1.165, 1.54) is 29.8 Å². The third-order valence-electron chi connectivity index (χ3n) is 4.77. The van der Waals surface area contributed by atoms with E-state index in [2.05, 4.69) is 58.5 Å². The number of nitrogens with zero attached hydrogens (tertiary/aromatic N) is 1. The van der Waals surface area contributed by atoms with E-state index >= 15 is 0 Å². The van der Waals surface area contributed by atoms with Gasteiger partial charge in [0.2, 0.25) is 0 Å². The molecular formula is C24H31N3O6. The number of nitro groups is 1. The molecule has 0 radical (unpaired) electrons. The van der Waals surface area contributed by atoms with Crippen molar-refractivity contribution >= 4 is 17.5 Å². The highest BCUT2D eigenvalue weighted by Crippen LogP contribution is 2.35. The first kappa shape index (κ1) is 25.6. The summed E-state index contributed by atoms with van der Waals surface area (Å²) in [5.41, 5.74) is 6.39. The Morgan fingerprint density at radius 3 is 1.88 bits per heavy atom. The largest absolute Gasteiger partial charge is 0.484 e. The molecule has 0 aliphatic rings. The average molecular weight is 458 g/mol. The van der Waals surface area contributed by atoms with Crippen molar-refractivity contribution in [3.8, 4) is 11.5 Å². The van der Waals surface area contributed by atoms with E-state index in [9.17, 15) is 19.7 Å². The van der Waals surface area contributed by atoms with E-state index in [1.807, 2.05) is 12.1 Å². The van der Waals surface area contributed by atoms with Gasteiger partial charge in [0.25, 0.3) is 17.5 Å². The van der Waals surface area contributed by atoms with Gasteiger partial charge < -0.3 is 9.47 Å². The second-order valence-corrected chi connectivity index (χ2v) is 9.64. The number of hydrazine groups is 1. The molecule has 0 fully saturated rings. The Morgan fingerprint density at radius 2 is 1.39 bits per heavy atom. The van der Waals surface area contributed by atoms with Crippen molar-refractivity contribution in [1.82, 2.24) is 10.9 Å². The molecule has 33 heavy (non-hydrogen) atoms. The number of hydrogen-bond donors (Lipinski definition) is 2. The lowest BCUT2D eigenvalue weighted by atomic mass is 9.80. The number of nitro benzene ring substituents is 1. The molecule has 0 bridgehead atoms. The maximum absolute atomic E-state index is 12.1. The Morgan fingerprint density at radius 1 is 0.848 bits per heavy atom. The molecule has 9 nitrogen and oxygen atoms in total. The van der Waals surface area contributed by atoms with Gasteiger partial charge in [0.15, 0.2) is 13.2 Å². The Hall–Kier alpha value is -3.62. The number of carbonyl (C=O) groups is 2. The monoisotopic (exact) mass is 457 g/mol. The highest BCUT2D eigenvalue weighted by Gasteiger charge is 2.23. The number of ether oxygens (including phenoxy) is 2. The summed E-state index contributed by atoms with van der Waals surface area (Å²) in [5.74, 6) is -0.220. The van der Waals surface area contributed by atoms with Crippen LogP contribution >= 0.6 is 0 Å². The van der Waals surface area contributed by atoms with Crippen LogP contribution in [0.5, 0.6) is 11.5 Å². The topological polar surface area (TPSA) is 120 Å². The third-order valence-corrected chi connectivity index (χ3v) is 4.77. The SMILES string of the molecule is CC(C)(C)c1ccc(OCC(=O)NNC(=O)COc2ccc([N+](=O)[O-])cc2)c(C(C)(C)C)c1. The van der Waals surface area contributed by atoms with Crippen LogP contribution in [0.4, 0.5) is 5.69 Å². The average Bonchev–Trinajstić information content (AvgIpc) is 2.73. The molecule has 2 aromatic carbocycles. The van der Waals surface area contributed by atoms with Crippen molar-refractivity contribution < 1.29 is 24.0 Å². The van der Waals surface area contributed by atoms with Crippen molar-refractivity contribution in [2.45, 2.75) is 52.4 Å². The molecule has 178 valence electrons. The van der Waals surface area contributed by atoms with E-state index in [0.29, 0.717) is 11.5 Å². The first-order chi connectivity index (χ1) is 15.3. The fourth-order valence-corrected chi connectivity index (χ4v) is 2.88. The summed E-state index contributed by atoms with van der Waals surface area (Å²) in [4.78, 5) is 34.1. The molecule has 9 heteroatoms. The van der Waals surface area contributed by atoms with Crippen LogP contribution in [0.15, 0.2) is 42.5 Å². The number of amides is 2. The van der Waals surface area contributed by atoms with Gasteiger partial charge in [0.05, 0.1) is 4.92 Å². The third kappa shape index (κ3) is 7.78. The number of non-ortho nitro benzene ring substituents is 1. The molecule has 0 atom stereocenters. The molecule has 2 N–H and O–H groups in total. The van der Waals surface area contributed by atoms with E-state index in [4.69, 9.17) is 9.47 Å². The summed E-state index contributed by atoms with van der Waals surface area (Å²) in [5, 5.41) is 10.6. The van der Waals surface area contributed by atoms with E-state index in [0.717, 1.165) is 5.56 Å². The Bertz CT molecular complexity index is 1000. The van der Waals surface area contributed by atoms with Crippen LogP contribution in [0, 0.1) is 10.1 Å². The number of benzene rings is 2. The first-order valence-corrected chi connectivity index (χ1v) is 10.5. The second-order valence-electron chi connectivity index (χ2n) is 9.64. The van der Waals surface area contributed by atoms with Gasteiger partial charge in [-0.2, -0.15) is 0 Å². The molecule has 2 amide bonds. The lowest BCUT2D eigenvalue weighted by molar-refractivity contribution is -0.384. The van der Waals surface area contributed by atoms with E-state index in [1.54, 1.807) is 0 Å². The summed E-state index contributed by atoms with van der Waals surface area (Å²) in [7, 11) is 0. The van der Waals surface area contributed by atoms with E-state index in [-0.39, 0.29) is 29.7 Å². The second kappa shape index (κ2) is 10.3. The number of hydrogen-bond acceptors (Lipinski definition) is 6. The Kier molecular flexibility index (Phi) is 8.03. The maximum Gasteiger partial charge on any atom is 0.276 e. The predicted molar refractivity (Wildman–Crippen MR) is 124 cm³/mol. The lowest BCUT2D eigenvalue weighted by Crippen LogP contribution is -2.45. The molecule has 0 heterocycles. The van der Waals surface area contributed by atoms with Gasteiger partial charge >= 0.3 is 0 Å². The Balaban J connectivity index is 1.86. The van der Waals surface area contributed by atoms with Gasteiger partial charge in [0.1, 0.15) is 11.5 Å². The molecular weight excluding hydrogens is 426 g/mol. The summed E-state index contributed by atoms with van der Waals surface area (Å²) >= 11 is 0. The zero-order valence-corrected chi connectivity index (χ0v) is 19.9. The smallest absolute Gasteiger partial charge is 0.276 e. The normalized spacial score (nSPS) is 11.5. The number of carbonyl (C=O) groups excluding carboxylic acids is 2.